The molecule has 4 aliphatic rings. The molecule has 4 saturated carbocycles. The Morgan fingerprint density at radius 3 is 2.08 bits per heavy atom. The van der Waals surface area contributed by atoms with Gasteiger partial charge in [-0.2, -0.15) is 17.2 Å². The van der Waals surface area contributed by atoms with Crippen molar-refractivity contribution in [1.82, 2.24) is 0 Å². The van der Waals surface area contributed by atoms with Crippen LogP contribution >= 0.6 is 0 Å². The molecule has 24 heavy (non-hydrogen) atoms. The first kappa shape index (κ1) is 17.5. The summed E-state index contributed by atoms with van der Waals surface area (Å²) >= 11 is 0. The fourth-order valence-corrected chi connectivity index (χ4v) is 5.34. The zero-order valence-corrected chi connectivity index (χ0v) is 13.5. The van der Waals surface area contributed by atoms with Crippen LogP contribution in [0.15, 0.2) is 0 Å². The first-order chi connectivity index (χ1) is 10.9. The summed E-state index contributed by atoms with van der Waals surface area (Å²) in [6.45, 7) is -1.78. The molecule has 2 atom stereocenters. The monoisotopic (exact) mass is 368 g/mol. The van der Waals surface area contributed by atoms with E-state index in [1.165, 1.54) is 0 Å². The number of carboxylic acid groups (broad SMARTS) is 1. The topological polar surface area (TPSA) is 118 Å². The highest BCUT2D eigenvalue weighted by atomic mass is 32.2. The molecule has 0 heterocycles. The van der Waals surface area contributed by atoms with Crippen LogP contribution in [0.5, 0.6) is 0 Å². The van der Waals surface area contributed by atoms with E-state index in [2.05, 4.69) is 4.74 Å². The third-order valence-corrected chi connectivity index (χ3v) is 6.57. The van der Waals surface area contributed by atoms with Crippen LogP contribution in [0.4, 0.5) is 8.78 Å². The van der Waals surface area contributed by atoms with Gasteiger partial charge in [0.25, 0.3) is 0 Å². The zero-order valence-electron chi connectivity index (χ0n) is 12.7. The molecule has 0 aromatic rings. The molecule has 4 fully saturated rings. The van der Waals surface area contributed by atoms with E-state index in [0.29, 0.717) is 25.7 Å². The first-order valence-electron chi connectivity index (χ1n) is 7.65. The summed E-state index contributed by atoms with van der Waals surface area (Å²) in [5, 5.41) is 4.97. The van der Waals surface area contributed by atoms with Crippen LogP contribution in [0, 0.1) is 22.7 Å². The van der Waals surface area contributed by atoms with Crippen molar-refractivity contribution >= 4 is 22.1 Å². The third kappa shape index (κ3) is 2.59. The van der Waals surface area contributed by atoms with Crippen molar-refractivity contribution in [2.24, 2.45) is 22.7 Å². The number of carbonyl (C=O) groups is 2. The molecule has 4 rings (SSSR count). The maximum absolute atomic E-state index is 13.3. The van der Waals surface area contributed by atoms with Gasteiger partial charge in [0, 0.05) is 0 Å². The van der Waals surface area contributed by atoms with Gasteiger partial charge in [0.1, 0.15) is 0 Å². The molecule has 0 spiro atoms. The molecular formula is C14H18F2O7S. The van der Waals surface area contributed by atoms with Crippen LogP contribution in [0.1, 0.15) is 38.5 Å². The van der Waals surface area contributed by atoms with E-state index in [-0.39, 0.29) is 18.3 Å². The second kappa shape index (κ2) is 5.10. The predicted molar refractivity (Wildman–Crippen MR) is 74.6 cm³/mol. The number of rotatable bonds is 5. The Morgan fingerprint density at radius 1 is 1.12 bits per heavy atom. The van der Waals surface area contributed by atoms with Gasteiger partial charge in [-0.3, -0.25) is 14.1 Å². The quantitative estimate of drug-likeness (QED) is 0.560. The summed E-state index contributed by atoms with van der Waals surface area (Å²) < 4.78 is 60.7. The molecule has 2 unspecified atom stereocenters. The van der Waals surface area contributed by atoms with E-state index in [4.69, 9.17) is 4.55 Å². The van der Waals surface area contributed by atoms with Gasteiger partial charge in [0.15, 0.2) is 6.61 Å². The van der Waals surface area contributed by atoms with E-state index in [0.717, 1.165) is 6.42 Å². The van der Waals surface area contributed by atoms with Crippen molar-refractivity contribution in [2.75, 3.05) is 6.61 Å². The van der Waals surface area contributed by atoms with Crippen LogP contribution in [-0.2, 0) is 24.4 Å². The van der Waals surface area contributed by atoms with Crippen molar-refractivity contribution in [1.29, 1.82) is 0 Å². The van der Waals surface area contributed by atoms with Crippen molar-refractivity contribution in [3.05, 3.63) is 0 Å². The van der Waals surface area contributed by atoms with E-state index >= 15 is 0 Å². The number of halogens is 2. The van der Waals surface area contributed by atoms with Gasteiger partial charge in [-0.05, 0) is 50.4 Å². The minimum absolute atomic E-state index is 0.0250. The first-order valence-corrected chi connectivity index (χ1v) is 9.09. The van der Waals surface area contributed by atoms with Crippen molar-refractivity contribution in [2.45, 2.75) is 43.8 Å². The number of alkyl halides is 2. The molecule has 0 amide bonds. The van der Waals surface area contributed by atoms with Gasteiger partial charge in [0.05, 0.1) is 10.8 Å². The molecule has 0 aliphatic heterocycles. The van der Waals surface area contributed by atoms with Gasteiger partial charge >= 0.3 is 27.3 Å². The fourth-order valence-electron chi connectivity index (χ4n) is 5.13. The molecule has 0 aromatic carbocycles. The molecule has 10 heteroatoms. The molecule has 0 radical (unpaired) electrons. The Morgan fingerprint density at radius 2 is 1.62 bits per heavy atom. The van der Waals surface area contributed by atoms with E-state index < -0.39 is 44.7 Å². The van der Waals surface area contributed by atoms with Gasteiger partial charge in [-0.15, -0.1) is 0 Å². The normalized spacial score (nSPS) is 38.1. The molecule has 2 N–H and O–H groups in total. The lowest BCUT2D eigenvalue weighted by Gasteiger charge is -2.59. The number of esters is 1. The van der Waals surface area contributed by atoms with Crippen LogP contribution < -0.4 is 0 Å². The largest absolute Gasteiger partial charge is 0.481 e. The number of aliphatic carboxylic acids is 1. The molecule has 4 bridgehead atoms. The standard InChI is InChI=1S/C14H18F2O7S/c15-14(16,24(20,21)22)7-23-11(19)13-4-8-1-9(5-13)3-12(2-8,6-13)10(17)18/h8-9H,1-7H2,(H,17,18)(H,20,21,22). The molecule has 7 nitrogen and oxygen atoms in total. The van der Waals surface area contributed by atoms with Gasteiger partial charge in [-0.1, -0.05) is 0 Å². The lowest BCUT2D eigenvalue weighted by Crippen LogP contribution is -2.58. The second-order valence-electron chi connectivity index (χ2n) is 7.52. The van der Waals surface area contributed by atoms with Gasteiger partial charge in [-0.25, -0.2) is 0 Å². The summed E-state index contributed by atoms with van der Waals surface area (Å²) in [7, 11) is -5.68. The van der Waals surface area contributed by atoms with Crippen LogP contribution in [0.2, 0.25) is 0 Å². The number of carbonyl (C=O) groups excluding carboxylic acids is 1. The molecule has 4 aliphatic carbocycles. The lowest BCUT2D eigenvalue weighted by molar-refractivity contribution is -0.193. The smallest absolute Gasteiger partial charge is 0.402 e. The zero-order chi connectivity index (χ0) is 18.0. The highest BCUT2D eigenvalue weighted by molar-refractivity contribution is 7.86. The summed E-state index contributed by atoms with van der Waals surface area (Å²) in [5.41, 5.74) is -2.19. The van der Waals surface area contributed by atoms with E-state index in [1.54, 1.807) is 0 Å². The van der Waals surface area contributed by atoms with E-state index in [9.17, 15) is 31.9 Å². The van der Waals surface area contributed by atoms with Crippen molar-refractivity contribution < 1.29 is 41.2 Å². The van der Waals surface area contributed by atoms with Crippen LogP contribution in [-0.4, -0.2) is 41.9 Å². The minimum atomic E-state index is -5.68. The Balaban J connectivity index is 1.79. The van der Waals surface area contributed by atoms with Crippen LogP contribution in [0.3, 0.4) is 0 Å². The van der Waals surface area contributed by atoms with Crippen molar-refractivity contribution in [3.8, 4) is 0 Å². The second-order valence-corrected chi connectivity index (χ2v) is 9.06. The Hall–Kier alpha value is -1.29. The summed E-state index contributed by atoms with van der Waals surface area (Å²) in [4.78, 5) is 24.1. The predicted octanol–water partition coefficient (Wildman–Crippen LogP) is 1.68. The average Bonchev–Trinajstić information content (AvgIpc) is 2.42. The molecule has 0 aromatic heterocycles. The van der Waals surface area contributed by atoms with Gasteiger partial charge in [0.2, 0.25) is 0 Å². The number of carboxylic acids is 1. The number of hydrogen-bond acceptors (Lipinski definition) is 5. The fraction of sp³-hybridized carbons (Fsp3) is 0.857. The highest BCUT2D eigenvalue weighted by Gasteiger charge is 2.64. The average molecular weight is 368 g/mol. The summed E-state index contributed by atoms with van der Waals surface area (Å²) in [6, 6.07) is 0. The maximum atomic E-state index is 13.3. The third-order valence-electron chi connectivity index (χ3n) is 5.70. The minimum Gasteiger partial charge on any atom is -0.481 e. The van der Waals surface area contributed by atoms with Gasteiger partial charge < -0.3 is 9.84 Å². The van der Waals surface area contributed by atoms with Crippen LogP contribution in [0.25, 0.3) is 0 Å². The lowest BCUT2D eigenvalue weighted by atomic mass is 9.44. The summed E-state index contributed by atoms with van der Waals surface area (Å²) in [6.07, 6.45) is 2.51. The maximum Gasteiger partial charge on any atom is 0.402 e. The Kier molecular flexibility index (Phi) is 3.73. The molecule has 0 saturated heterocycles. The Labute approximate surface area is 137 Å². The van der Waals surface area contributed by atoms with Crippen molar-refractivity contribution in [3.63, 3.8) is 0 Å². The summed E-state index contributed by atoms with van der Waals surface area (Å²) in [5.74, 6) is -1.93. The highest BCUT2D eigenvalue weighted by Crippen LogP contribution is 2.65. The van der Waals surface area contributed by atoms with E-state index in [1.807, 2.05) is 0 Å². The molecular weight excluding hydrogens is 350 g/mol. The molecule has 136 valence electrons. The number of hydrogen-bond donors (Lipinski definition) is 2. The Bertz CT molecular complexity index is 673. The SMILES string of the molecule is O=C(O)C12CC3CC(C1)CC(C(=O)OCC(F)(F)S(=O)(=O)O)(C3)C2. The number of ether oxygens (including phenoxy) is 1.